The van der Waals surface area contributed by atoms with E-state index in [1.54, 1.807) is 23.0 Å². The van der Waals surface area contributed by atoms with Crippen molar-refractivity contribution >= 4 is 28.8 Å². The standard InChI is InChI=1S/C24H26N6O4/c31-23(19-12-26-30-4-1-3-25-22(19)30)27-20-10-17-14-29(13-16-2-7-34-15-16)24(32)18(17)11-21(20)28-5-8-33-9-6-28/h1,3-4,10-12,16H,2,5-9,13-15H2,(H,27,31)/t16-/m0/s1. The van der Waals surface area contributed by atoms with Gasteiger partial charge in [-0.25, -0.2) is 9.50 Å². The average Bonchev–Trinajstić information content (AvgIpc) is 3.59. The first-order valence-corrected chi connectivity index (χ1v) is 11.6. The summed E-state index contributed by atoms with van der Waals surface area (Å²) in [5, 5.41) is 7.30. The molecule has 2 fully saturated rings. The summed E-state index contributed by atoms with van der Waals surface area (Å²) in [4.78, 5) is 34.8. The molecule has 176 valence electrons. The Hall–Kier alpha value is -3.50. The molecule has 2 aromatic heterocycles. The number of morpholine rings is 1. The predicted molar refractivity (Wildman–Crippen MR) is 124 cm³/mol. The van der Waals surface area contributed by atoms with Crippen LogP contribution in [0.5, 0.6) is 0 Å². The van der Waals surface area contributed by atoms with Gasteiger partial charge in [-0.05, 0) is 30.2 Å². The maximum Gasteiger partial charge on any atom is 0.261 e. The van der Waals surface area contributed by atoms with E-state index < -0.39 is 0 Å². The number of ether oxygens (including phenoxy) is 2. The van der Waals surface area contributed by atoms with Gasteiger partial charge in [0.2, 0.25) is 0 Å². The zero-order valence-corrected chi connectivity index (χ0v) is 18.8. The average molecular weight is 463 g/mol. The number of hydrogen-bond acceptors (Lipinski definition) is 7. The van der Waals surface area contributed by atoms with Crippen LogP contribution >= 0.6 is 0 Å². The Balaban J connectivity index is 1.32. The summed E-state index contributed by atoms with van der Waals surface area (Å²) in [7, 11) is 0. The SMILES string of the molecule is O=C(Nc1cc2c(cc1N1CCOCC1)C(=O)N(C[C@@H]1CCOC1)C2)c1cnn2cccnc12. The van der Waals surface area contributed by atoms with Crippen molar-refractivity contribution in [1.82, 2.24) is 19.5 Å². The molecular formula is C24H26N6O4. The van der Waals surface area contributed by atoms with Crippen molar-refractivity contribution in [1.29, 1.82) is 0 Å². The first-order valence-electron chi connectivity index (χ1n) is 11.6. The quantitative estimate of drug-likeness (QED) is 0.617. The maximum absolute atomic E-state index is 13.2. The molecule has 2 saturated heterocycles. The lowest BCUT2D eigenvalue weighted by atomic mass is 10.1. The second-order valence-corrected chi connectivity index (χ2v) is 8.94. The molecule has 1 N–H and O–H groups in total. The Kier molecular flexibility index (Phi) is 5.39. The molecule has 3 aliphatic rings. The smallest absolute Gasteiger partial charge is 0.261 e. The van der Waals surface area contributed by atoms with E-state index in [-0.39, 0.29) is 11.8 Å². The van der Waals surface area contributed by atoms with E-state index in [0.29, 0.717) is 74.4 Å². The van der Waals surface area contributed by atoms with Crippen LogP contribution in [0.15, 0.2) is 36.8 Å². The molecule has 0 unspecified atom stereocenters. The summed E-state index contributed by atoms with van der Waals surface area (Å²) < 4.78 is 12.6. The van der Waals surface area contributed by atoms with Gasteiger partial charge in [0.25, 0.3) is 11.8 Å². The number of fused-ring (bicyclic) bond motifs is 2. The van der Waals surface area contributed by atoms with Crippen LogP contribution in [-0.4, -0.2) is 77.4 Å². The summed E-state index contributed by atoms with van der Waals surface area (Å²) in [6, 6.07) is 5.64. The topological polar surface area (TPSA) is 101 Å². The van der Waals surface area contributed by atoms with Gasteiger partial charge >= 0.3 is 0 Å². The van der Waals surface area contributed by atoms with Gasteiger partial charge in [-0.15, -0.1) is 0 Å². The molecule has 3 aliphatic heterocycles. The summed E-state index contributed by atoms with van der Waals surface area (Å²) >= 11 is 0. The lowest BCUT2D eigenvalue weighted by molar-refractivity contribution is 0.0744. The van der Waals surface area contributed by atoms with Gasteiger partial charge in [0, 0.05) is 56.7 Å². The van der Waals surface area contributed by atoms with Crippen LogP contribution in [0.25, 0.3) is 5.65 Å². The van der Waals surface area contributed by atoms with Gasteiger partial charge in [-0.1, -0.05) is 0 Å². The van der Waals surface area contributed by atoms with Crippen LogP contribution in [0.1, 0.15) is 32.7 Å². The Labute approximate surface area is 196 Å². The summed E-state index contributed by atoms with van der Waals surface area (Å²) in [5.74, 6) is 0.132. The molecule has 6 rings (SSSR count). The number of amides is 2. The van der Waals surface area contributed by atoms with E-state index in [4.69, 9.17) is 9.47 Å². The normalized spacial score (nSPS) is 20.2. The molecular weight excluding hydrogens is 436 g/mol. The molecule has 1 aromatic carbocycles. The summed E-state index contributed by atoms with van der Waals surface area (Å²) in [6.07, 6.45) is 5.89. The van der Waals surface area contributed by atoms with Crippen molar-refractivity contribution in [2.24, 2.45) is 5.92 Å². The third-order valence-corrected chi connectivity index (χ3v) is 6.73. The van der Waals surface area contributed by atoms with Crippen LogP contribution < -0.4 is 10.2 Å². The van der Waals surface area contributed by atoms with E-state index in [0.717, 1.165) is 24.3 Å². The largest absolute Gasteiger partial charge is 0.381 e. The molecule has 10 heteroatoms. The van der Waals surface area contributed by atoms with Crippen molar-refractivity contribution in [2.45, 2.75) is 13.0 Å². The highest BCUT2D eigenvalue weighted by molar-refractivity contribution is 6.10. The summed E-state index contributed by atoms with van der Waals surface area (Å²) in [5.41, 5.74) is 4.03. The lowest BCUT2D eigenvalue weighted by Gasteiger charge is -2.31. The minimum Gasteiger partial charge on any atom is -0.381 e. The molecule has 0 aliphatic carbocycles. The van der Waals surface area contributed by atoms with Crippen LogP contribution in [0, 0.1) is 5.92 Å². The van der Waals surface area contributed by atoms with E-state index in [1.807, 2.05) is 17.0 Å². The van der Waals surface area contributed by atoms with Gasteiger partial charge < -0.3 is 24.6 Å². The van der Waals surface area contributed by atoms with Crippen molar-refractivity contribution in [3.8, 4) is 0 Å². The zero-order chi connectivity index (χ0) is 23.1. The van der Waals surface area contributed by atoms with Gasteiger partial charge in [-0.3, -0.25) is 9.59 Å². The number of rotatable bonds is 5. The molecule has 3 aromatic rings. The van der Waals surface area contributed by atoms with E-state index in [1.165, 1.54) is 6.20 Å². The van der Waals surface area contributed by atoms with Crippen molar-refractivity contribution < 1.29 is 19.1 Å². The molecule has 10 nitrogen and oxygen atoms in total. The van der Waals surface area contributed by atoms with E-state index in [9.17, 15) is 9.59 Å². The molecule has 0 spiro atoms. The summed E-state index contributed by atoms with van der Waals surface area (Å²) in [6.45, 7) is 5.28. The highest BCUT2D eigenvalue weighted by Crippen LogP contribution is 2.36. The van der Waals surface area contributed by atoms with E-state index in [2.05, 4.69) is 20.3 Å². The third-order valence-electron chi connectivity index (χ3n) is 6.73. The van der Waals surface area contributed by atoms with Gasteiger partial charge in [0.05, 0.1) is 37.4 Å². The van der Waals surface area contributed by atoms with Crippen LogP contribution in [0.4, 0.5) is 11.4 Å². The predicted octanol–water partition coefficient (Wildman–Crippen LogP) is 1.81. The second kappa shape index (κ2) is 8.69. The number of aromatic nitrogens is 3. The maximum atomic E-state index is 13.2. The van der Waals surface area contributed by atoms with Crippen molar-refractivity contribution in [3.05, 3.63) is 53.5 Å². The highest BCUT2D eigenvalue weighted by Gasteiger charge is 2.32. The Bertz CT molecular complexity index is 1250. The van der Waals surface area contributed by atoms with Crippen molar-refractivity contribution in [3.63, 3.8) is 0 Å². The Morgan fingerprint density at radius 3 is 2.88 bits per heavy atom. The molecule has 0 bridgehead atoms. The molecule has 5 heterocycles. The van der Waals surface area contributed by atoms with Crippen LogP contribution in [0.2, 0.25) is 0 Å². The minimum absolute atomic E-state index is 0.0427. The fraction of sp³-hybridized carbons (Fsp3) is 0.417. The number of carbonyl (C=O) groups is 2. The van der Waals surface area contributed by atoms with Crippen LogP contribution in [-0.2, 0) is 16.0 Å². The first-order chi connectivity index (χ1) is 16.7. The number of carbonyl (C=O) groups excluding carboxylic acids is 2. The highest BCUT2D eigenvalue weighted by atomic mass is 16.5. The number of hydrogen-bond donors (Lipinski definition) is 1. The fourth-order valence-corrected chi connectivity index (χ4v) is 4.94. The first kappa shape index (κ1) is 21.1. The molecule has 0 saturated carbocycles. The molecule has 2 amide bonds. The van der Waals surface area contributed by atoms with Gasteiger partial charge in [0.1, 0.15) is 5.56 Å². The Morgan fingerprint density at radius 2 is 2.06 bits per heavy atom. The number of benzene rings is 1. The van der Waals surface area contributed by atoms with E-state index >= 15 is 0 Å². The number of anilines is 2. The molecule has 0 radical (unpaired) electrons. The monoisotopic (exact) mass is 462 g/mol. The number of nitrogens with zero attached hydrogens (tertiary/aromatic N) is 5. The second-order valence-electron chi connectivity index (χ2n) is 8.94. The van der Waals surface area contributed by atoms with Gasteiger partial charge in [0.15, 0.2) is 5.65 Å². The third kappa shape index (κ3) is 3.78. The molecule has 1 atom stereocenters. The Morgan fingerprint density at radius 1 is 1.18 bits per heavy atom. The lowest BCUT2D eigenvalue weighted by Crippen LogP contribution is -2.37. The van der Waals surface area contributed by atoms with Gasteiger partial charge in [-0.2, -0.15) is 5.10 Å². The zero-order valence-electron chi connectivity index (χ0n) is 18.8. The van der Waals surface area contributed by atoms with Crippen molar-refractivity contribution in [2.75, 3.05) is 56.3 Å². The fourth-order valence-electron chi connectivity index (χ4n) is 4.94. The molecule has 34 heavy (non-hydrogen) atoms. The van der Waals surface area contributed by atoms with Crippen LogP contribution in [0.3, 0.4) is 0 Å². The minimum atomic E-state index is -0.285. The number of nitrogens with one attached hydrogen (secondary N) is 1.